The van der Waals surface area contributed by atoms with Crippen LogP contribution in [0.25, 0.3) is 5.69 Å². The summed E-state index contributed by atoms with van der Waals surface area (Å²) in [5, 5.41) is 15.0. The Kier molecular flexibility index (Phi) is 4.63. The van der Waals surface area contributed by atoms with E-state index in [4.69, 9.17) is 4.74 Å². The van der Waals surface area contributed by atoms with Crippen LogP contribution in [0.5, 0.6) is 0 Å². The van der Waals surface area contributed by atoms with Gasteiger partial charge in [0.15, 0.2) is 0 Å². The predicted octanol–water partition coefficient (Wildman–Crippen LogP) is 2.77. The van der Waals surface area contributed by atoms with E-state index >= 15 is 0 Å². The summed E-state index contributed by atoms with van der Waals surface area (Å²) in [7, 11) is 0. The first kappa shape index (κ1) is 16.1. The van der Waals surface area contributed by atoms with Gasteiger partial charge in [-0.05, 0) is 31.0 Å². The second-order valence-corrected chi connectivity index (χ2v) is 6.52. The smallest absolute Gasteiger partial charge is 0.0896 e. The van der Waals surface area contributed by atoms with Gasteiger partial charge >= 0.3 is 0 Å². The van der Waals surface area contributed by atoms with Crippen LogP contribution in [0.3, 0.4) is 0 Å². The molecule has 0 aliphatic carbocycles. The number of nitrogens with one attached hydrogen (secondary N) is 2. The lowest BCUT2D eigenvalue weighted by Crippen LogP contribution is -2.25. The fourth-order valence-corrected chi connectivity index (χ4v) is 3.50. The molecule has 130 valence electrons. The Morgan fingerprint density at radius 2 is 2.24 bits per heavy atom. The fourth-order valence-electron chi connectivity index (χ4n) is 3.50. The van der Waals surface area contributed by atoms with Gasteiger partial charge in [-0.1, -0.05) is 18.2 Å². The van der Waals surface area contributed by atoms with Crippen LogP contribution in [0.1, 0.15) is 29.3 Å². The third-order valence-corrected chi connectivity index (χ3v) is 4.84. The summed E-state index contributed by atoms with van der Waals surface area (Å²) < 4.78 is 7.90. The maximum Gasteiger partial charge on any atom is 0.0896 e. The van der Waals surface area contributed by atoms with Gasteiger partial charge in [0.1, 0.15) is 0 Å². The van der Waals surface area contributed by atoms with Gasteiger partial charge in [0.05, 0.1) is 23.7 Å². The number of nitrogens with zero attached hydrogens (tertiary/aromatic N) is 3. The highest BCUT2D eigenvalue weighted by atomic mass is 16.5. The minimum Gasteiger partial charge on any atom is -0.373 e. The Balaban J connectivity index is 1.40. The van der Waals surface area contributed by atoms with Gasteiger partial charge in [-0.3, -0.25) is 5.10 Å². The molecule has 4 rings (SSSR count). The van der Waals surface area contributed by atoms with Crippen LogP contribution in [0.2, 0.25) is 0 Å². The molecule has 2 aromatic heterocycles. The lowest BCUT2D eigenvalue weighted by atomic mass is 9.97. The van der Waals surface area contributed by atoms with Crippen molar-refractivity contribution in [3.05, 3.63) is 65.7 Å². The quantitative estimate of drug-likeness (QED) is 0.726. The van der Waals surface area contributed by atoms with Crippen LogP contribution in [0, 0.1) is 12.8 Å². The van der Waals surface area contributed by atoms with Gasteiger partial charge in [-0.2, -0.15) is 10.2 Å². The molecule has 1 aromatic carbocycles. The third-order valence-electron chi connectivity index (χ3n) is 4.84. The van der Waals surface area contributed by atoms with Crippen LogP contribution in [-0.2, 0) is 11.3 Å². The molecule has 1 fully saturated rings. The number of hydrogen-bond donors (Lipinski definition) is 2. The Labute approximate surface area is 147 Å². The number of rotatable bonds is 6. The number of ether oxygens (including phenoxy) is 1. The average Bonchev–Trinajstić information content (AvgIpc) is 3.37. The standard InChI is InChI=1S/C19H23N5O/c1-14-4-2-3-5-18(14)24-17(6-8-23-24)13-20-10-15-7-9-25-19(15)16-11-21-22-12-16/h2-6,8,11-12,15,19-20H,7,9-10,13H2,1H3,(H,21,22)/t15-,19+/m1/s1. The largest absolute Gasteiger partial charge is 0.373 e. The molecule has 0 amide bonds. The molecular formula is C19H23N5O. The number of H-pyrrole nitrogens is 1. The van der Waals surface area contributed by atoms with Gasteiger partial charge in [0, 0.05) is 43.6 Å². The first-order chi connectivity index (χ1) is 12.3. The van der Waals surface area contributed by atoms with Crippen molar-refractivity contribution in [1.29, 1.82) is 0 Å². The minimum atomic E-state index is 0.132. The Morgan fingerprint density at radius 1 is 1.32 bits per heavy atom. The van der Waals surface area contributed by atoms with Crippen molar-refractivity contribution in [3.8, 4) is 5.69 Å². The van der Waals surface area contributed by atoms with Crippen molar-refractivity contribution in [2.75, 3.05) is 13.2 Å². The lowest BCUT2D eigenvalue weighted by molar-refractivity contribution is 0.0904. The summed E-state index contributed by atoms with van der Waals surface area (Å²) in [6.07, 6.45) is 6.84. The molecular weight excluding hydrogens is 314 g/mol. The van der Waals surface area contributed by atoms with Crippen molar-refractivity contribution >= 4 is 0 Å². The van der Waals surface area contributed by atoms with Crippen LogP contribution in [0.4, 0.5) is 0 Å². The molecule has 6 nitrogen and oxygen atoms in total. The van der Waals surface area contributed by atoms with E-state index in [1.54, 1.807) is 0 Å². The van der Waals surface area contributed by atoms with Crippen molar-refractivity contribution in [1.82, 2.24) is 25.3 Å². The summed E-state index contributed by atoms with van der Waals surface area (Å²) in [6, 6.07) is 10.4. The summed E-state index contributed by atoms with van der Waals surface area (Å²) in [4.78, 5) is 0. The monoisotopic (exact) mass is 337 g/mol. The summed E-state index contributed by atoms with van der Waals surface area (Å²) >= 11 is 0. The molecule has 1 saturated heterocycles. The van der Waals surface area contributed by atoms with Gasteiger partial charge in [0.25, 0.3) is 0 Å². The number of aromatic nitrogens is 4. The molecule has 0 bridgehead atoms. The number of para-hydroxylation sites is 1. The fraction of sp³-hybridized carbons (Fsp3) is 0.368. The summed E-state index contributed by atoms with van der Waals surface area (Å²) in [6.45, 7) is 4.61. The predicted molar refractivity (Wildman–Crippen MR) is 95.4 cm³/mol. The molecule has 1 aliphatic heterocycles. The molecule has 0 unspecified atom stereocenters. The van der Waals surface area contributed by atoms with Crippen molar-refractivity contribution in [2.45, 2.75) is 26.0 Å². The van der Waals surface area contributed by atoms with E-state index in [0.29, 0.717) is 5.92 Å². The van der Waals surface area contributed by atoms with Crippen LogP contribution >= 0.6 is 0 Å². The van der Waals surface area contributed by atoms with Crippen molar-refractivity contribution in [3.63, 3.8) is 0 Å². The average molecular weight is 337 g/mol. The number of hydrogen-bond acceptors (Lipinski definition) is 4. The van der Waals surface area contributed by atoms with Crippen molar-refractivity contribution < 1.29 is 4.74 Å². The Bertz CT molecular complexity index is 811. The lowest BCUT2D eigenvalue weighted by Gasteiger charge is -2.18. The first-order valence-electron chi connectivity index (χ1n) is 8.73. The highest BCUT2D eigenvalue weighted by Crippen LogP contribution is 2.33. The van der Waals surface area contributed by atoms with Gasteiger partial charge in [-0.15, -0.1) is 0 Å². The molecule has 2 N–H and O–H groups in total. The zero-order valence-corrected chi connectivity index (χ0v) is 14.4. The van der Waals surface area contributed by atoms with Crippen LogP contribution in [-0.4, -0.2) is 33.1 Å². The topological polar surface area (TPSA) is 67.8 Å². The highest BCUT2D eigenvalue weighted by Gasteiger charge is 2.29. The Morgan fingerprint density at radius 3 is 3.08 bits per heavy atom. The molecule has 1 aliphatic rings. The number of aryl methyl sites for hydroxylation is 1. The maximum absolute atomic E-state index is 5.89. The normalized spacial score (nSPS) is 20.2. The molecule has 0 spiro atoms. The summed E-state index contributed by atoms with van der Waals surface area (Å²) in [5.74, 6) is 0.465. The molecule has 0 radical (unpaired) electrons. The first-order valence-corrected chi connectivity index (χ1v) is 8.73. The van der Waals surface area contributed by atoms with E-state index in [-0.39, 0.29) is 6.10 Å². The van der Waals surface area contributed by atoms with E-state index in [0.717, 1.165) is 43.1 Å². The second kappa shape index (κ2) is 7.21. The zero-order valence-electron chi connectivity index (χ0n) is 14.4. The highest BCUT2D eigenvalue weighted by molar-refractivity contribution is 5.40. The Hall–Kier alpha value is -2.44. The van der Waals surface area contributed by atoms with Gasteiger partial charge in [-0.25, -0.2) is 4.68 Å². The van der Waals surface area contributed by atoms with Gasteiger partial charge in [0.2, 0.25) is 0 Å². The van der Waals surface area contributed by atoms with Gasteiger partial charge < -0.3 is 10.1 Å². The van der Waals surface area contributed by atoms with E-state index in [1.165, 1.54) is 5.56 Å². The molecule has 2 atom stereocenters. The number of aromatic amines is 1. The molecule has 6 heteroatoms. The molecule has 3 heterocycles. The van der Waals surface area contributed by atoms with E-state index in [2.05, 4.69) is 51.8 Å². The maximum atomic E-state index is 5.89. The van der Waals surface area contributed by atoms with E-state index in [9.17, 15) is 0 Å². The van der Waals surface area contributed by atoms with Crippen molar-refractivity contribution in [2.24, 2.45) is 5.92 Å². The van der Waals surface area contributed by atoms with E-state index in [1.807, 2.05) is 29.3 Å². The van der Waals surface area contributed by atoms with Crippen LogP contribution < -0.4 is 5.32 Å². The number of benzene rings is 1. The SMILES string of the molecule is Cc1ccccc1-n1nccc1CNC[C@H]1CCO[C@@H]1c1cn[nH]c1. The summed E-state index contributed by atoms with van der Waals surface area (Å²) in [5.41, 5.74) is 4.64. The van der Waals surface area contributed by atoms with Crippen LogP contribution in [0.15, 0.2) is 48.9 Å². The van der Waals surface area contributed by atoms with E-state index < -0.39 is 0 Å². The molecule has 3 aromatic rings. The zero-order chi connectivity index (χ0) is 17.1. The molecule has 25 heavy (non-hydrogen) atoms. The third kappa shape index (κ3) is 3.36. The second-order valence-electron chi connectivity index (χ2n) is 6.52. The minimum absolute atomic E-state index is 0.132. The molecule has 0 saturated carbocycles.